The van der Waals surface area contributed by atoms with Crippen LogP contribution in [0.25, 0.3) is 0 Å². The monoisotopic (exact) mass is 229 g/mol. The van der Waals surface area contributed by atoms with Crippen molar-refractivity contribution in [2.45, 2.75) is 18.2 Å². The quantitative estimate of drug-likeness (QED) is 0.794. The number of hydrogen-bond acceptors (Lipinski definition) is 4. The molecule has 1 heterocycles. The Labute approximate surface area is 93.0 Å². The Kier molecular flexibility index (Phi) is 4.71. The fourth-order valence-corrected chi connectivity index (χ4v) is 1.84. The molecule has 0 fully saturated rings. The fourth-order valence-electron chi connectivity index (χ4n) is 1.21. The fraction of sp³-hybridized carbons (Fsp3) is 0.500. The van der Waals surface area contributed by atoms with Crippen molar-refractivity contribution in [2.75, 3.05) is 12.9 Å². The zero-order valence-electron chi connectivity index (χ0n) is 8.77. The van der Waals surface area contributed by atoms with Gasteiger partial charge in [0.15, 0.2) is 0 Å². The van der Waals surface area contributed by atoms with Crippen LogP contribution in [0, 0.1) is 0 Å². The van der Waals surface area contributed by atoms with Crippen molar-refractivity contribution in [3.63, 3.8) is 0 Å². The number of amides is 1. The molecule has 15 heavy (non-hydrogen) atoms. The lowest BCUT2D eigenvalue weighted by molar-refractivity contribution is 0.0935. The van der Waals surface area contributed by atoms with Crippen molar-refractivity contribution in [2.24, 2.45) is 0 Å². The summed E-state index contributed by atoms with van der Waals surface area (Å²) in [7, 11) is 0. The number of nitrogens with one attached hydrogen (secondary N) is 1. The van der Waals surface area contributed by atoms with E-state index in [1.807, 2.05) is 13.2 Å². The van der Waals surface area contributed by atoms with Crippen LogP contribution in [0.4, 0.5) is 0 Å². The smallest absolute Gasteiger partial charge is 0.254 e. The van der Waals surface area contributed by atoms with Crippen molar-refractivity contribution >= 4 is 17.7 Å². The summed E-state index contributed by atoms with van der Waals surface area (Å²) in [5.74, 6) is -0.177. The predicted molar refractivity (Wildman–Crippen MR) is 60.0 cm³/mol. The summed E-state index contributed by atoms with van der Waals surface area (Å²) >= 11 is 1.53. The molecule has 0 bridgehead atoms. The number of hydrogen-bond donors (Lipinski definition) is 2. The molecule has 0 saturated carbocycles. The highest BCUT2D eigenvalue weighted by atomic mass is 32.2. The summed E-state index contributed by atoms with van der Waals surface area (Å²) < 4.78 is 4.81. The summed E-state index contributed by atoms with van der Waals surface area (Å²) in [6.07, 6.45) is 4.76. The highest BCUT2D eigenvalue weighted by Gasteiger charge is 2.18. The van der Waals surface area contributed by atoms with Gasteiger partial charge in [-0.2, -0.15) is 11.8 Å². The topological polar surface area (TPSA) is 62.5 Å². The van der Waals surface area contributed by atoms with Crippen LogP contribution in [0.2, 0.25) is 0 Å². The van der Waals surface area contributed by atoms with Gasteiger partial charge in [-0.1, -0.05) is 0 Å². The van der Waals surface area contributed by atoms with E-state index in [4.69, 9.17) is 9.52 Å². The minimum atomic E-state index is -0.177. The van der Waals surface area contributed by atoms with Gasteiger partial charge in [-0.05, 0) is 19.2 Å². The molecule has 1 rings (SSSR count). The van der Waals surface area contributed by atoms with Gasteiger partial charge in [0.05, 0.1) is 18.4 Å². The normalized spacial score (nSPS) is 14.6. The standard InChI is InChI=1S/C10H15NO3S/c1-7(9(5-12)15-2)11-10(13)8-3-4-14-6-8/h3-4,6-7,9,12H,5H2,1-2H3,(H,11,13). The largest absolute Gasteiger partial charge is 0.472 e. The third-order valence-corrected chi connectivity index (χ3v) is 3.35. The molecule has 5 heteroatoms. The van der Waals surface area contributed by atoms with E-state index in [-0.39, 0.29) is 23.8 Å². The van der Waals surface area contributed by atoms with Gasteiger partial charge < -0.3 is 14.8 Å². The Morgan fingerprint density at radius 2 is 2.47 bits per heavy atom. The molecule has 0 aromatic carbocycles. The van der Waals surface area contributed by atoms with Crippen molar-refractivity contribution < 1.29 is 14.3 Å². The molecule has 0 aliphatic heterocycles. The molecule has 2 N–H and O–H groups in total. The van der Waals surface area contributed by atoms with Crippen LogP contribution < -0.4 is 5.32 Å². The van der Waals surface area contributed by atoms with E-state index in [1.165, 1.54) is 24.3 Å². The summed E-state index contributed by atoms with van der Waals surface area (Å²) in [6, 6.07) is 1.53. The van der Waals surface area contributed by atoms with Crippen LogP contribution in [-0.4, -0.2) is 35.2 Å². The molecule has 84 valence electrons. The Balaban J connectivity index is 2.51. The van der Waals surface area contributed by atoms with E-state index in [1.54, 1.807) is 6.07 Å². The molecule has 1 amide bonds. The molecule has 0 radical (unpaired) electrons. The van der Waals surface area contributed by atoms with Crippen LogP contribution in [-0.2, 0) is 0 Å². The minimum absolute atomic E-state index is 0.0147. The summed E-state index contributed by atoms with van der Waals surface area (Å²) in [4.78, 5) is 11.6. The number of aliphatic hydroxyl groups excluding tert-OH is 1. The molecular formula is C10H15NO3S. The lowest BCUT2D eigenvalue weighted by Gasteiger charge is -2.20. The highest BCUT2D eigenvalue weighted by molar-refractivity contribution is 7.99. The van der Waals surface area contributed by atoms with Crippen molar-refractivity contribution in [1.29, 1.82) is 0 Å². The van der Waals surface area contributed by atoms with Gasteiger partial charge in [0.25, 0.3) is 5.91 Å². The van der Waals surface area contributed by atoms with Gasteiger partial charge in [0.2, 0.25) is 0 Å². The number of rotatable bonds is 5. The minimum Gasteiger partial charge on any atom is -0.472 e. The van der Waals surface area contributed by atoms with Crippen LogP contribution in [0.1, 0.15) is 17.3 Å². The van der Waals surface area contributed by atoms with Gasteiger partial charge in [0.1, 0.15) is 6.26 Å². The van der Waals surface area contributed by atoms with E-state index in [0.717, 1.165) is 0 Å². The second-order valence-electron chi connectivity index (χ2n) is 3.23. The molecular weight excluding hydrogens is 214 g/mol. The third-order valence-electron chi connectivity index (χ3n) is 2.18. The maximum Gasteiger partial charge on any atom is 0.254 e. The van der Waals surface area contributed by atoms with Gasteiger partial charge in [0, 0.05) is 11.3 Å². The average molecular weight is 229 g/mol. The summed E-state index contributed by atoms with van der Waals surface area (Å²) in [5.41, 5.74) is 0.500. The molecule has 0 saturated heterocycles. The van der Waals surface area contributed by atoms with Gasteiger partial charge >= 0.3 is 0 Å². The van der Waals surface area contributed by atoms with E-state index in [9.17, 15) is 4.79 Å². The van der Waals surface area contributed by atoms with E-state index in [2.05, 4.69) is 5.32 Å². The number of carbonyl (C=O) groups is 1. The van der Waals surface area contributed by atoms with Gasteiger partial charge in [-0.25, -0.2) is 0 Å². The molecule has 1 aromatic rings. The second kappa shape index (κ2) is 5.82. The Hall–Kier alpha value is -0.940. The molecule has 0 aliphatic carbocycles. The predicted octanol–water partition coefficient (Wildman–Crippen LogP) is 1.12. The Bertz CT molecular complexity index is 296. The van der Waals surface area contributed by atoms with E-state index in [0.29, 0.717) is 5.56 Å². The molecule has 2 atom stereocenters. The van der Waals surface area contributed by atoms with Crippen molar-refractivity contribution in [3.8, 4) is 0 Å². The highest BCUT2D eigenvalue weighted by Crippen LogP contribution is 2.11. The first-order chi connectivity index (χ1) is 7.19. The zero-order valence-corrected chi connectivity index (χ0v) is 9.58. The maximum atomic E-state index is 11.6. The first-order valence-corrected chi connectivity index (χ1v) is 5.94. The number of carbonyl (C=O) groups excluding carboxylic acids is 1. The number of furan rings is 1. The first kappa shape index (κ1) is 12.1. The van der Waals surface area contributed by atoms with Gasteiger partial charge in [-0.15, -0.1) is 0 Å². The van der Waals surface area contributed by atoms with Crippen molar-refractivity contribution in [3.05, 3.63) is 24.2 Å². The molecule has 0 spiro atoms. The van der Waals surface area contributed by atoms with Crippen LogP contribution in [0.3, 0.4) is 0 Å². The molecule has 1 aromatic heterocycles. The maximum absolute atomic E-state index is 11.6. The van der Waals surface area contributed by atoms with Crippen molar-refractivity contribution in [1.82, 2.24) is 5.32 Å². The Morgan fingerprint density at radius 1 is 1.73 bits per heavy atom. The first-order valence-electron chi connectivity index (χ1n) is 4.65. The average Bonchev–Trinajstić information content (AvgIpc) is 2.72. The molecule has 4 nitrogen and oxygen atoms in total. The third kappa shape index (κ3) is 3.28. The molecule has 2 unspecified atom stereocenters. The van der Waals surface area contributed by atoms with Crippen LogP contribution in [0.15, 0.2) is 23.0 Å². The SMILES string of the molecule is CSC(CO)C(C)NC(=O)c1ccoc1. The number of thioether (sulfide) groups is 1. The Morgan fingerprint density at radius 3 is 2.93 bits per heavy atom. The lowest BCUT2D eigenvalue weighted by Crippen LogP contribution is -2.41. The van der Waals surface area contributed by atoms with Crippen LogP contribution in [0.5, 0.6) is 0 Å². The van der Waals surface area contributed by atoms with E-state index < -0.39 is 0 Å². The lowest BCUT2D eigenvalue weighted by atomic mass is 10.2. The second-order valence-corrected chi connectivity index (χ2v) is 4.31. The van der Waals surface area contributed by atoms with E-state index >= 15 is 0 Å². The zero-order chi connectivity index (χ0) is 11.3. The summed E-state index contributed by atoms with van der Waals surface area (Å²) in [6.45, 7) is 1.92. The number of aliphatic hydroxyl groups is 1. The summed E-state index contributed by atoms with van der Waals surface area (Å²) in [5, 5.41) is 11.9. The van der Waals surface area contributed by atoms with Gasteiger partial charge in [-0.3, -0.25) is 4.79 Å². The van der Waals surface area contributed by atoms with Crippen LogP contribution >= 0.6 is 11.8 Å². The molecule has 0 aliphatic rings.